The molecule has 1 saturated heterocycles. The molecule has 1 aromatic rings. The number of amides is 1. The molecular formula is C17H29Cl2N5O. The summed E-state index contributed by atoms with van der Waals surface area (Å²) >= 11 is 0. The van der Waals surface area contributed by atoms with Crippen LogP contribution in [0.2, 0.25) is 0 Å². The van der Waals surface area contributed by atoms with E-state index < -0.39 is 5.54 Å². The predicted molar refractivity (Wildman–Crippen MR) is 105 cm³/mol. The molecule has 1 saturated carbocycles. The monoisotopic (exact) mass is 389 g/mol. The van der Waals surface area contributed by atoms with E-state index in [1.54, 1.807) is 0 Å². The first-order chi connectivity index (χ1) is 11.0. The number of piperidine rings is 1. The van der Waals surface area contributed by atoms with Crippen LogP contribution in [0.15, 0.2) is 6.07 Å². The number of aryl methyl sites for hydroxylation is 2. The van der Waals surface area contributed by atoms with E-state index in [1.165, 1.54) is 0 Å². The van der Waals surface area contributed by atoms with Crippen molar-refractivity contribution >= 4 is 36.5 Å². The van der Waals surface area contributed by atoms with E-state index >= 15 is 0 Å². The number of nitrogens with one attached hydrogen (secondary N) is 1. The van der Waals surface area contributed by atoms with Gasteiger partial charge in [0.1, 0.15) is 11.6 Å². The van der Waals surface area contributed by atoms with E-state index in [-0.39, 0.29) is 36.8 Å². The molecule has 1 aliphatic carbocycles. The van der Waals surface area contributed by atoms with Gasteiger partial charge in [0.25, 0.3) is 0 Å². The zero-order valence-corrected chi connectivity index (χ0v) is 16.6. The van der Waals surface area contributed by atoms with Crippen LogP contribution < -0.4 is 16.0 Å². The number of rotatable bonds is 3. The SMILES string of the molecule is Cc1cc(N2CCC(NC(=O)C3(N)CCCC3)CC2)nc(C)n1.Cl.Cl. The molecule has 0 aromatic carbocycles. The van der Waals surface area contributed by atoms with Gasteiger partial charge in [0.2, 0.25) is 5.91 Å². The van der Waals surface area contributed by atoms with Gasteiger partial charge >= 0.3 is 0 Å². The molecule has 6 nitrogen and oxygen atoms in total. The highest BCUT2D eigenvalue weighted by molar-refractivity contribution is 5.86. The number of halogens is 2. The molecule has 0 bridgehead atoms. The van der Waals surface area contributed by atoms with Crippen LogP contribution in [0.3, 0.4) is 0 Å². The first-order valence-electron chi connectivity index (χ1n) is 8.63. The lowest BCUT2D eigenvalue weighted by molar-refractivity contribution is -0.127. The van der Waals surface area contributed by atoms with E-state index in [1.807, 2.05) is 19.9 Å². The number of carbonyl (C=O) groups excluding carboxylic acids is 1. The Morgan fingerprint density at radius 2 is 1.80 bits per heavy atom. The van der Waals surface area contributed by atoms with Crippen molar-refractivity contribution in [2.45, 2.75) is 64.0 Å². The maximum atomic E-state index is 12.4. The minimum Gasteiger partial charge on any atom is -0.356 e. The highest BCUT2D eigenvalue weighted by atomic mass is 35.5. The Morgan fingerprint density at radius 1 is 1.20 bits per heavy atom. The minimum atomic E-state index is -0.627. The Labute approximate surface area is 162 Å². The van der Waals surface area contributed by atoms with E-state index in [4.69, 9.17) is 5.73 Å². The largest absolute Gasteiger partial charge is 0.356 e. The van der Waals surface area contributed by atoms with Gasteiger partial charge in [-0.25, -0.2) is 9.97 Å². The summed E-state index contributed by atoms with van der Waals surface area (Å²) in [6.45, 7) is 5.72. The lowest BCUT2D eigenvalue weighted by Gasteiger charge is -2.35. The fourth-order valence-corrected chi connectivity index (χ4v) is 3.67. The van der Waals surface area contributed by atoms with Gasteiger partial charge in [0.05, 0.1) is 5.54 Å². The molecule has 2 aliphatic rings. The summed E-state index contributed by atoms with van der Waals surface area (Å²) in [5, 5.41) is 3.17. The molecule has 25 heavy (non-hydrogen) atoms. The van der Waals surface area contributed by atoms with E-state index in [9.17, 15) is 4.79 Å². The van der Waals surface area contributed by atoms with Crippen molar-refractivity contribution in [1.29, 1.82) is 0 Å². The standard InChI is InChI=1S/C17H27N5O.2ClH/c1-12-11-15(20-13(2)19-12)22-9-5-14(6-10-22)21-16(23)17(18)7-3-4-8-17;;/h11,14H,3-10,18H2,1-2H3,(H,21,23);2*1H. The van der Waals surface area contributed by atoms with Crippen molar-refractivity contribution in [3.05, 3.63) is 17.6 Å². The van der Waals surface area contributed by atoms with Gasteiger partial charge < -0.3 is 16.0 Å². The summed E-state index contributed by atoms with van der Waals surface area (Å²) in [7, 11) is 0. The van der Waals surface area contributed by atoms with Crippen molar-refractivity contribution < 1.29 is 4.79 Å². The molecule has 1 amide bonds. The second-order valence-electron chi connectivity index (χ2n) is 7.01. The predicted octanol–water partition coefficient (Wildman–Crippen LogP) is 2.29. The third-order valence-electron chi connectivity index (χ3n) is 5.05. The molecule has 1 aromatic heterocycles. The number of nitrogens with zero attached hydrogens (tertiary/aromatic N) is 3. The Bertz CT molecular complexity index is 564. The van der Waals surface area contributed by atoms with Crippen LogP contribution >= 0.6 is 24.8 Å². The fourth-order valence-electron chi connectivity index (χ4n) is 3.67. The molecular weight excluding hydrogens is 361 g/mol. The third-order valence-corrected chi connectivity index (χ3v) is 5.05. The topological polar surface area (TPSA) is 84.1 Å². The van der Waals surface area contributed by atoms with Crippen LogP contribution in [-0.4, -0.2) is 40.5 Å². The zero-order chi connectivity index (χ0) is 16.4. The molecule has 2 fully saturated rings. The zero-order valence-electron chi connectivity index (χ0n) is 15.0. The smallest absolute Gasteiger partial charge is 0.240 e. The second-order valence-corrected chi connectivity index (χ2v) is 7.01. The first kappa shape index (κ1) is 21.9. The van der Waals surface area contributed by atoms with Crippen LogP contribution in [0.5, 0.6) is 0 Å². The summed E-state index contributed by atoms with van der Waals surface area (Å²) in [6, 6.07) is 2.25. The molecule has 142 valence electrons. The number of carbonyl (C=O) groups is 1. The van der Waals surface area contributed by atoms with E-state index in [2.05, 4.69) is 20.2 Å². The van der Waals surface area contributed by atoms with Gasteiger partial charge in [-0.3, -0.25) is 4.79 Å². The summed E-state index contributed by atoms with van der Waals surface area (Å²) in [5.74, 6) is 1.84. The third kappa shape index (κ3) is 5.19. The van der Waals surface area contributed by atoms with Gasteiger partial charge in [-0.2, -0.15) is 0 Å². The highest BCUT2D eigenvalue weighted by Crippen LogP contribution is 2.28. The van der Waals surface area contributed by atoms with Gasteiger partial charge in [-0.05, 0) is 39.5 Å². The molecule has 0 atom stereocenters. The summed E-state index contributed by atoms with van der Waals surface area (Å²) in [4.78, 5) is 23.5. The second kappa shape index (κ2) is 9.01. The number of hydrogen-bond acceptors (Lipinski definition) is 5. The Hall–Kier alpha value is -1.11. The quantitative estimate of drug-likeness (QED) is 0.828. The normalized spacial score (nSPS) is 19.7. The average Bonchev–Trinajstić information content (AvgIpc) is 2.95. The molecule has 0 radical (unpaired) electrons. The Morgan fingerprint density at radius 3 is 2.36 bits per heavy atom. The Balaban J connectivity index is 0.00000156. The lowest BCUT2D eigenvalue weighted by Crippen LogP contribution is -2.56. The maximum Gasteiger partial charge on any atom is 0.240 e. The van der Waals surface area contributed by atoms with Crippen molar-refractivity contribution in [1.82, 2.24) is 15.3 Å². The number of aromatic nitrogens is 2. The van der Waals surface area contributed by atoms with Crippen LogP contribution in [0.1, 0.15) is 50.0 Å². The number of nitrogens with two attached hydrogens (primary N) is 1. The average molecular weight is 390 g/mol. The van der Waals surface area contributed by atoms with Crippen LogP contribution in [0.25, 0.3) is 0 Å². The number of hydrogen-bond donors (Lipinski definition) is 2. The van der Waals surface area contributed by atoms with Gasteiger partial charge in [-0.1, -0.05) is 12.8 Å². The van der Waals surface area contributed by atoms with Crippen LogP contribution in [0, 0.1) is 13.8 Å². The van der Waals surface area contributed by atoms with Crippen LogP contribution in [-0.2, 0) is 4.79 Å². The Kier molecular flexibility index (Phi) is 7.90. The minimum absolute atomic E-state index is 0. The van der Waals surface area contributed by atoms with Gasteiger partial charge in [0, 0.05) is 30.9 Å². The van der Waals surface area contributed by atoms with Crippen molar-refractivity contribution in [3.63, 3.8) is 0 Å². The maximum absolute atomic E-state index is 12.4. The molecule has 2 heterocycles. The van der Waals surface area contributed by atoms with Crippen molar-refractivity contribution in [2.24, 2.45) is 5.73 Å². The van der Waals surface area contributed by atoms with E-state index in [0.717, 1.165) is 69.0 Å². The van der Waals surface area contributed by atoms with Gasteiger partial charge in [0.15, 0.2) is 0 Å². The van der Waals surface area contributed by atoms with Crippen molar-refractivity contribution in [3.8, 4) is 0 Å². The highest BCUT2D eigenvalue weighted by Gasteiger charge is 2.38. The summed E-state index contributed by atoms with van der Waals surface area (Å²) < 4.78 is 0. The molecule has 8 heteroatoms. The van der Waals surface area contributed by atoms with Crippen LogP contribution in [0.4, 0.5) is 5.82 Å². The van der Waals surface area contributed by atoms with Gasteiger partial charge in [-0.15, -0.1) is 24.8 Å². The lowest BCUT2D eigenvalue weighted by atomic mass is 9.96. The summed E-state index contributed by atoms with van der Waals surface area (Å²) in [5.41, 5.74) is 6.60. The molecule has 0 spiro atoms. The number of anilines is 1. The fraction of sp³-hybridized carbons (Fsp3) is 0.706. The van der Waals surface area contributed by atoms with Crippen molar-refractivity contribution in [2.75, 3.05) is 18.0 Å². The summed E-state index contributed by atoms with van der Waals surface area (Å²) in [6.07, 6.45) is 5.63. The molecule has 0 unspecified atom stereocenters. The van der Waals surface area contributed by atoms with E-state index in [0.29, 0.717) is 0 Å². The first-order valence-corrected chi connectivity index (χ1v) is 8.63. The molecule has 3 N–H and O–H groups in total. The molecule has 3 rings (SSSR count). The molecule has 1 aliphatic heterocycles.